The van der Waals surface area contributed by atoms with Crippen molar-refractivity contribution in [1.29, 1.82) is 0 Å². The van der Waals surface area contributed by atoms with Gasteiger partial charge in [0, 0.05) is 11.3 Å². The number of aromatic nitrogens is 1. The Labute approximate surface area is 107 Å². The van der Waals surface area contributed by atoms with Crippen LogP contribution in [0.25, 0.3) is 0 Å². The largest absolute Gasteiger partial charge is 0.481 e. The van der Waals surface area contributed by atoms with Gasteiger partial charge in [-0.05, 0) is 6.42 Å². The molecule has 0 unspecified atom stereocenters. The average Bonchev–Trinajstić information content (AvgIpc) is 3.01. The summed E-state index contributed by atoms with van der Waals surface area (Å²) in [5, 5.41) is 13.5. The zero-order valence-corrected chi connectivity index (χ0v) is 10.3. The molecule has 1 aliphatic rings. The molecule has 0 aliphatic heterocycles. The van der Waals surface area contributed by atoms with Crippen LogP contribution in [0.4, 0.5) is 9.93 Å². The van der Waals surface area contributed by atoms with Gasteiger partial charge in [-0.1, -0.05) is 12.7 Å². The maximum Gasteiger partial charge on any atom is 0.413 e. The lowest BCUT2D eigenvalue weighted by molar-refractivity contribution is -0.138. The minimum absolute atomic E-state index is 0.0292. The summed E-state index contributed by atoms with van der Waals surface area (Å²) in [7, 11) is 0. The van der Waals surface area contributed by atoms with Gasteiger partial charge in [-0.3, -0.25) is 10.1 Å². The molecular weight excluding hydrogens is 256 g/mol. The van der Waals surface area contributed by atoms with E-state index in [0.29, 0.717) is 17.2 Å². The van der Waals surface area contributed by atoms with E-state index in [-0.39, 0.29) is 18.4 Å². The second-order valence-corrected chi connectivity index (χ2v) is 4.73. The van der Waals surface area contributed by atoms with Gasteiger partial charge in [0.05, 0.1) is 11.6 Å². The molecule has 0 aromatic carbocycles. The van der Waals surface area contributed by atoms with Crippen LogP contribution in [-0.4, -0.2) is 28.8 Å². The Balaban J connectivity index is 1.89. The van der Waals surface area contributed by atoms with Gasteiger partial charge in [-0.15, -0.1) is 11.3 Å². The SMILES string of the molecule is C=CCOC(=O)Nc1nc([C@H]2C[C@H]2C(=O)O)cs1. The van der Waals surface area contributed by atoms with Crippen LogP contribution < -0.4 is 5.32 Å². The van der Waals surface area contributed by atoms with Crippen LogP contribution >= 0.6 is 11.3 Å². The number of carbonyl (C=O) groups is 2. The summed E-state index contributed by atoms with van der Waals surface area (Å²) in [5.74, 6) is -1.17. The molecule has 2 rings (SSSR count). The fourth-order valence-corrected chi connectivity index (χ4v) is 2.33. The molecule has 1 saturated carbocycles. The summed E-state index contributed by atoms with van der Waals surface area (Å²) in [4.78, 5) is 26.1. The van der Waals surface area contributed by atoms with Crippen LogP contribution in [-0.2, 0) is 9.53 Å². The van der Waals surface area contributed by atoms with Crippen molar-refractivity contribution < 1.29 is 19.4 Å². The van der Waals surface area contributed by atoms with E-state index >= 15 is 0 Å². The minimum Gasteiger partial charge on any atom is -0.481 e. The van der Waals surface area contributed by atoms with Crippen molar-refractivity contribution in [2.45, 2.75) is 12.3 Å². The van der Waals surface area contributed by atoms with Gasteiger partial charge >= 0.3 is 12.1 Å². The lowest BCUT2D eigenvalue weighted by atomic mass is 10.2. The molecule has 1 fully saturated rings. The number of amides is 1. The summed E-state index contributed by atoms with van der Waals surface area (Å²) < 4.78 is 4.74. The van der Waals surface area contributed by atoms with Crippen molar-refractivity contribution in [3.8, 4) is 0 Å². The lowest BCUT2D eigenvalue weighted by Crippen LogP contribution is -2.13. The van der Waals surface area contributed by atoms with E-state index in [1.807, 2.05) is 0 Å². The van der Waals surface area contributed by atoms with E-state index in [1.165, 1.54) is 17.4 Å². The number of nitrogens with one attached hydrogen (secondary N) is 1. The van der Waals surface area contributed by atoms with Gasteiger partial charge in [-0.25, -0.2) is 9.78 Å². The monoisotopic (exact) mass is 268 g/mol. The van der Waals surface area contributed by atoms with Crippen molar-refractivity contribution in [3.63, 3.8) is 0 Å². The molecule has 96 valence electrons. The van der Waals surface area contributed by atoms with Crippen LogP contribution in [0, 0.1) is 5.92 Å². The Kier molecular flexibility index (Phi) is 3.61. The first-order valence-corrected chi connectivity index (χ1v) is 6.22. The zero-order chi connectivity index (χ0) is 13.1. The van der Waals surface area contributed by atoms with Gasteiger partial charge in [-0.2, -0.15) is 0 Å². The highest BCUT2D eigenvalue weighted by Gasteiger charge is 2.45. The van der Waals surface area contributed by atoms with Gasteiger partial charge in [0.1, 0.15) is 6.61 Å². The topological polar surface area (TPSA) is 88.5 Å². The highest BCUT2D eigenvalue weighted by atomic mass is 32.1. The Bertz CT molecular complexity index is 485. The molecule has 18 heavy (non-hydrogen) atoms. The normalized spacial score (nSPS) is 21.1. The Hall–Kier alpha value is -1.89. The zero-order valence-electron chi connectivity index (χ0n) is 9.46. The Morgan fingerprint density at radius 3 is 3.11 bits per heavy atom. The number of ether oxygens (including phenoxy) is 1. The van der Waals surface area contributed by atoms with Crippen molar-refractivity contribution in [2.24, 2.45) is 5.92 Å². The number of nitrogens with zero attached hydrogens (tertiary/aromatic N) is 1. The number of carbonyl (C=O) groups excluding carboxylic acids is 1. The molecule has 0 bridgehead atoms. The van der Waals surface area contributed by atoms with Gasteiger partial charge in [0.15, 0.2) is 5.13 Å². The highest BCUT2D eigenvalue weighted by molar-refractivity contribution is 7.13. The summed E-state index contributed by atoms with van der Waals surface area (Å²) in [6, 6.07) is 0. The first kappa shape index (κ1) is 12.6. The first-order valence-electron chi connectivity index (χ1n) is 5.34. The summed E-state index contributed by atoms with van der Waals surface area (Å²) in [6.45, 7) is 3.56. The number of aliphatic carboxylic acids is 1. The molecule has 1 amide bonds. The van der Waals surface area contributed by atoms with Crippen LogP contribution in [0.15, 0.2) is 18.0 Å². The number of hydrogen-bond donors (Lipinski definition) is 2. The predicted molar refractivity (Wildman–Crippen MR) is 65.8 cm³/mol. The number of thiazole rings is 1. The molecule has 0 saturated heterocycles. The predicted octanol–water partition coefficient (Wildman–Crippen LogP) is 2.07. The number of rotatable bonds is 5. The maximum absolute atomic E-state index is 11.2. The third kappa shape index (κ3) is 2.86. The molecular formula is C11H12N2O4S. The van der Waals surface area contributed by atoms with Crippen LogP contribution in [0.3, 0.4) is 0 Å². The number of anilines is 1. The minimum atomic E-state index is -0.798. The molecule has 2 atom stereocenters. The molecule has 1 aromatic heterocycles. The number of carboxylic acids is 1. The Morgan fingerprint density at radius 1 is 1.72 bits per heavy atom. The first-order chi connectivity index (χ1) is 8.61. The van der Waals surface area contributed by atoms with Gasteiger partial charge in [0.2, 0.25) is 0 Å². The molecule has 1 heterocycles. The maximum atomic E-state index is 11.2. The smallest absolute Gasteiger partial charge is 0.413 e. The summed E-state index contributed by atoms with van der Waals surface area (Å²) >= 11 is 1.25. The molecule has 0 spiro atoms. The molecule has 2 N–H and O–H groups in total. The molecule has 7 heteroatoms. The number of carboxylic acid groups (broad SMARTS) is 1. The standard InChI is InChI=1S/C11H12N2O4S/c1-2-3-17-11(16)13-10-12-8(5-18-10)6-4-7(6)9(14)15/h2,5-7H,1,3-4H2,(H,14,15)(H,12,13,16)/t6-,7+/m0/s1. The van der Waals surface area contributed by atoms with Gasteiger partial charge in [0.25, 0.3) is 0 Å². The molecule has 1 aliphatic carbocycles. The van der Waals surface area contributed by atoms with E-state index in [1.54, 1.807) is 5.38 Å². The summed E-state index contributed by atoms with van der Waals surface area (Å²) in [6.07, 6.45) is 1.48. The van der Waals surface area contributed by atoms with E-state index in [9.17, 15) is 9.59 Å². The van der Waals surface area contributed by atoms with E-state index in [2.05, 4.69) is 16.9 Å². The number of hydrogen-bond acceptors (Lipinski definition) is 5. The quantitative estimate of drug-likeness (QED) is 0.798. The second-order valence-electron chi connectivity index (χ2n) is 3.88. The summed E-state index contributed by atoms with van der Waals surface area (Å²) in [5.41, 5.74) is 0.714. The van der Waals surface area contributed by atoms with Crippen LogP contribution in [0.1, 0.15) is 18.0 Å². The lowest BCUT2D eigenvalue weighted by Gasteiger charge is -2.00. The molecule has 6 nitrogen and oxygen atoms in total. The Morgan fingerprint density at radius 2 is 2.50 bits per heavy atom. The third-order valence-electron chi connectivity index (χ3n) is 2.55. The van der Waals surface area contributed by atoms with E-state index in [4.69, 9.17) is 9.84 Å². The van der Waals surface area contributed by atoms with Crippen molar-refractivity contribution in [2.75, 3.05) is 11.9 Å². The molecule has 1 aromatic rings. The van der Waals surface area contributed by atoms with Crippen molar-refractivity contribution in [1.82, 2.24) is 4.98 Å². The van der Waals surface area contributed by atoms with Gasteiger partial charge < -0.3 is 9.84 Å². The van der Waals surface area contributed by atoms with Crippen LogP contribution in [0.2, 0.25) is 0 Å². The highest BCUT2D eigenvalue weighted by Crippen LogP contribution is 2.47. The fourth-order valence-electron chi connectivity index (χ4n) is 1.57. The van der Waals surface area contributed by atoms with E-state index < -0.39 is 12.1 Å². The van der Waals surface area contributed by atoms with Crippen molar-refractivity contribution >= 4 is 28.5 Å². The van der Waals surface area contributed by atoms with Crippen molar-refractivity contribution in [3.05, 3.63) is 23.7 Å². The second kappa shape index (κ2) is 5.18. The van der Waals surface area contributed by atoms with E-state index in [0.717, 1.165) is 0 Å². The third-order valence-corrected chi connectivity index (χ3v) is 3.33. The molecule has 0 radical (unpaired) electrons. The fraction of sp³-hybridized carbons (Fsp3) is 0.364. The van der Waals surface area contributed by atoms with Crippen LogP contribution in [0.5, 0.6) is 0 Å². The average molecular weight is 268 g/mol.